The fraction of sp³-hybridized carbons (Fsp3) is 0.250. The van der Waals surface area contributed by atoms with Crippen molar-refractivity contribution in [2.75, 3.05) is 4.90 Å². The topological polar surface area (TPSA) is 59.4 Å². The van der Waals surface area contributed by atoms with E-state index < -0.39 is 5.92 Å². The van der Waals surface area contributed by atoms with Gasteiger partial charge in [-0.3, -0.25) is 19.3 Å². The van der Waals surface area contributed by atoms with Crippen molar-refractivity contribution >= 4 is 28.3 Å². The minimum Gasteiger partial charge on any atom is -0.304 e. The minimum absolute atomic E-state index is 0.0358. The van der Waals surface area contributed by atoms with Gasteiger partial charge < -0.3 is 4.57 Å². The Hall–Kier alpha value is -3.73. The fourth-order valence-corrected chi connectivity index (χ4v) is 5.23. The number of carbonyl (C=O) groups excluding carboxylic acids is 2. The Morgan fingerprint density at radius 2 is 1.82 bits per heavy atom. The quantitative estimate of drug-likeness (QED) is 0.537. The summed E-state index contributed by atoms with van der Waals surface area (Å²) >= 11 is 0. The number of aromatic nitrogens is 1. The fourth-order valence-electron chi connectivity index (χ4n) is 5.23. The highest BCUT2D eigenvalue weighted by molar-refractivity contribution is 6.07. The van der Waals surface area contributed by atoms with Crippen molar-refractivity contribution in [2.45, 2.75) is 45.1 Å². The molecule has 2 aromatic carbocycles. The van der Waals surface area contributed by atoms with Crippen LogP contribution in [0.3, 0.4) is 0 Å². The number of aryl methyl sites for hydroxylation is 1. The van der Waals surface area contributed by atoms with Crippen LogP contribution in [0.1, 0.15) is 42.7 Å². The Balaban J connectivity index is 1.75. The van der Waals surface area contributed by atoms with Crippen LogP contribution in [0.25, 0.3) is 10.9 Å². The summed E-state index contributed by atoms with van der Waals surface area (Å²) in [5.41, 5.74) is 4.39. The number of rotatable bonds is 4. The largest absolute Gasteiger partial charge is 0.304 e. The molecule has 0 saturated carbocycles. The van der Waals surface area contributed by atoms with Crippen LogP contribution in [0.5, 0.6) is 0 Å². The van der Waals surface area contributed by atoms with Crippen molar-refractivity contribution < 1.29 is 9.59 Å². The van der Waals surface area contributed by atoms with Gasteiger partial charge in [-0.1, -0.05) is 35.9 Å². The number of pyridine rings is 1. The number of hydrogen-bond donors (Lipinski definition) is 0. The molecule has 1 atom stereocenters. The van der Waals surface area contributed by atoms with Gasteiger partial charge in [0.05, 0.1) is 5.52 Å². The lowest BCUT2D eigenvalue weighted by molar-refractivity contribution is -0.119. The lowest BCUT2D eigenvalue weighted by atomic mass is 9.77. The maximum Gasteiger partial charge on any atom is 0.255 e. The van der Waals surface area contributed by atoms with E-state index in [1.54, 1.807) is 15.5 Å². The van der Waals surface area contributed by atoms with E-state index >= 15 is 0 Å². The first-order valence-electron chi connectivity index (χ1n) is 11.4. The normalized spacial score (nSPS) is 18.6. The smallest absolute Gasteiger partial charge is 0.255 e. The number of carbonyl (C=O) groups is 2. The summed E-state index contributed by atoms with van der Waals surface area (Å²) < 4.78 is 1.69. The van der Waals surface area contributed by atoms with Gasteiger partial charge in [0.15, 0.2) is 5.78 Å². The van der Waals surface area contributed by atoms with Gasteiger partial charge in [-0.25, -0.2) is 0 Å². The van der Waals surface area contributed by atoms with Crippen LogP contribution in [0.4, 0.5) is 5.69 Å². The van der Waals surface area contributed by atoms with E-state index in [9.17, 15) is 14.4 Å². The van der Waals surface area contributed by atoms with Crippen molar-refractivity contribution in [3.8, 4) is 0 Å². The summed E-state index contributed by atoms with van der Waals surface area (Å²) in [7, 11) is 0. The molecule has 33 heavy (non-hydrogen) atoms. The molecule has 5 nitrogen and oxygen atoms in total. The van der Waals surface area contributed by atoms with Crippen molar-refractivity contribution in [2.24, 2.45) is 0 Å². The number of fused-ring (bicyclic) bond motifs is 1. The summed E-state index contributed by atoms with van der Waals surface area (Å²) in [6.45, 7) is 6.19. The lowest BCUT2D eigenvalue weighted by Gasteiger charge is -2.38. The first-order valence-corrected chi connectivity index (χ1v) is 11.4. The standard InChI is InChI=1S/C28H26N2O3/c1-3-14-29-23-13-12-18(2)15-19(23)16-22(28(29)33)21-17-26(32)30(20-8-5-4-6-9-20)24-10-7-11-25(31)27(21)24/h3-6,8-9,12-13,15-16,21H,1,7,10-11,14,17H2,2H3. The third-order valence-electron chi connectivity index (χ3n) is 6.65. The van der Waals surface area contributed by atoms with Gasteiger partial charge in [0, 0.05) is 47.8 Å². The van der Waals surface area contributed by atoms with Gasteiger partial charge in [0.25, 0.3) is 5.56 Å². The summed E-state index contributed by atoms with van der Waals surface area (Å²) in [4.78, 5) is 42.0. The van der Waals surface area contributed by atoms with Crippen LogP contribution in [0, 0.1) is 6.92 Å². The molecule has 5 rings (SSSR count). The number of anilines is 1. The molecule has 1 aliphatic heterocycles. The van der Waals surface area contributed by atoms with Gasteiger partial charge in [-0.15, -0.1) is 6.58 Å². The highest BCUT2D eigenvalue weighted by atomic mass is 16.2. The number of hydrogen-bond acceptors (Lipinski definition) is 3. The number of ketones is 1. The third kappa shape index (κ3) is 3.54. The second-order valence-corrected chi connectivity index (χ2v) is 8.82. The number of amides is 1. The van der Waals surface area contributed by atoms with Crippen molar-refractivity contribution in [3.63, 3.8) is 0 Å². The van der Waals surface area contributed by atoms with Gasteiger partial charge >= 0.3 is 0 Å². The van der Waals surface area contributed by atoms with E-state index in [2.05, 4.69) is 6.58 Å². The van der Waals surface area contributed by atoms with Crippen LogP contribution in [0.15, 0.2) is 83.3 Å². The van der Waals surface area contributed by atoms with Gasteiger partial charge in [0.1, 0.15) is 0 Å². The Morgan fingerprint density at radius 3 is 2.58 bits per heavy atom. The third-order valence-corrected chi connectivity index (χ3v) is 6.65. The van der Waals surface area contributed by atoms with E-state index in [-0.39, 0.29) is 23.7 Å². The molecule has 0 saturated heterocycles. The molecule has 0 spiro atoms. The van der Waals surface area contributed by atoms with Crippen LogP contribution in [-0.4, -0.2) is 16.3 Å². The average molecular weight is 439 g/mol. The maximum absolute atomic E-state index is 13.7. The number of nitrogens with zero attached hydrogens (tertiary/aromatic N) is 2. The zero-order chi connectivity index (χ0) is 23.1. The van der Waals surface area contributed by atoms with Crippen LogP contribution < -0.4 is 10.5 Å². The molecule has 1 aromatic heterocycles. The monoisotopic (exact) mass is 438 g/mol. The van der Waals surface area contributed by atoms with Gasteiger partial charge in [0.2, 0.25) is 5.91 Å². The molecule has 1 unspecified atom stereocenters. The predicted octanol–water partition coefficient (Wildman–Crippen LogP) is 5.02. The zero-order valence-electron chi connectivity index (χ0n) is 18.7. The molecule has 0 N–H and O–H groups in total. The van der Waals surface area contributed by atoms with Crippen LogP contribution in [-0.2, 0) is 16.1 Å². The number of benzene rings is 2. The molecule has 2 aliphatic rings. The average Bonchev–Trinajstić information content (AvgIpc) is 2.81. The zero-order valence-corrected chi connectivity index (χ0v) is 18.7. The summed E-state index contributed by atoms with van der Waals surface area (Å²) in [5.74, 6) is -0.582. The molecular weight excluding hydrogens is 412 g/mol. The summed E-state index contributed by atoms with van der Waals surface area (Å²) in [6, 6.07) is 17.3. The first kappa shape index (κ1) is 21.1. The van der Waals surface area contributed by atoms with Crippen molar-refractivity contribution in [3.05, 3.63) is 100 Å². The highest BCUT2D eigenvalue weighted by Crippen LogP contribution is 2.43. The Morgan fingerprint density at radius 1 is 1.03 bits per heavy atom. The molecule has 0 radical (unpaired) electrons. The lowest BCUT2D eigenvalue weighted by Crippen LogP contribution is -2.42. The second-order valence-electron chi connectivity index (χ2n) is 8.82. The molecule has 3 aromatic rings. The number of Topliss-reactive ketones (excluding diaryl/α,β-unsaturated/α-hetero) is 1. The van der Waals surface area contributed by atoms with Crippen LogP contribution >= 0.6 is 0 Å². The molecule has 1 amide bonds. The number of allylic oxidation sites excluding steroid dienone is 3. The molecular formula is C28H26N2O3. The maximum atomic E-state index is 13.7. The molecule has 5 heteroatoms. The molecule has 2 heterocycles. The van der Waals surface area contributed by atoms with E-state index in [0.717, 1.165) is 27.9 Å². The Labute approximate surface area is 192 Å². The van der Waals surface area contributed by atoms with Crippen molar-refractivity contribution in [1.29, 1.82) is 0 Å². The highest BCUT2D eigenvalue weighted by Gasteiger charge is 2.40. The van der Waals surface area contributed by atoms with Gasteiger partial charge in [-0.2, -0.15) is 0 Å². The van der Waals surface area contributed by atoms with E-state index in [1.165, 1.54) is 0 Å². The van der Waals surface area contributed by atoms with Gasteiger partial charge in [-0.05, 0) is 55.5 Å². The van der Waals surface area contributed by atoms with E-state index in [4.69, 9.17) is 0 Å². The Kier molecular flexibility index (Phi) is 5.33. The Bertz CT molecular complexity index is 1380. The van der Waals surface area contributed by atoms with E-state index in [1.807, 2.05) is 61.5 Å². The molecule has 0 fully saturated rings. The molecule has 166 valence electrons. The summed E-state index contributed by atoms with van der Waals surface area (Å²) in [6.07, 6.45) is 3.59. The van der Waals surface area contributed by atoms with Crippen molar-refractivity contribution in [1.82, 2.24) is 4.57 Å². The molecule has 0 bridgehead atoms. The second kappa shape index (κ2) is 8.32. The molecule has 1 aliphatic carbocycles. The van der Waals surface area contributed by atoms with Crippen LogP contribution in [0.2, 0.25) is 0 Å². The summed E-state index contributed by atoms with van der Waals surface area (Å²) in [5, 5.41) is 0.926. The minimum atomic E-state index is -0.534. The predicted molar refractivity (Wildman–Crippen MR) is 130 cm³/mol. The first-order chi connectivity index (χ1) is 16.0. The SMILES string of the molecule is C=CCn1c(=O)c(C2CC(=O)N(c3ccccc3)C3=C2C(=O)CCC3)cc2cc(C)ccc21. The van der Waals surface area contributed by atoms with E-state index in [0.29, 0.717) is 36.9 Å². The number of para-hydroxylation sites is 1.